The Kier molecular flexibility index (Phi) is 4.75. The van der Waals surface area contributed by atoms with Crippen LogP contribution in [-0.4, -0.2) is 25.5 Å². The summed E-state index contributed by atoms with van der Waals surface area (Å²) in [6.07, 6.45) is 0.814. The summed E-state index contributed by atoms with van der Waals surface area (Å²) >= 11 is 6.15. The van der Waals surface area contributed by atoms with Gasteiger partial charge < -0.3 is 9.64 Å². The molecule has 2 heterocycles. The van der Waals surface area contributed by atoms with Crippen molar-refractivity contribution in [3.8, 4) is 5.75 Å². The van der Waals surface area contributed by atoms with Gasteiger partial charge in [0.25, 0.3) is 11.8 Å². The molecule has 0 fully saturated rings. The van der Waals surface area contributed by atoms with E-state index in [1.165, 1.54) is 4.90 Å². The molecule has 0 bridgehead atoms. The highest BCUT2D eigenvalue weighted by Crippen LogP contribution is 2.40. The molecule has 0 unspecified atom stereocenters. The molecule has 0 saturated heterocycles. The van der Waals surface area contributed by atoms with Crippen molar-refractivity contribution in [1.29, 1.82) is 0 Å². The molecular weight excluding hydrogens is 412 g/mol. The largest absolute Gasteiger partial charge is 0.497 e. The maximum absolute atomic E-state index is 13.7. The Labute approximate surface area is 185 Å². The summed E-state index contributed by atoms with van der Waals surface area (Å²) < 4.78 is 5.25. The number of nitrogens with zero attached hydrogens (tertiary/aromatic N) is 2. The SMILES string of the molecule is COc1ccc(C2=C(N3CCc4ccccc43)C(=O)N(c3cccc(Cl)c3)C2=O)cc1. The zero-order valence-corrected chi connectivity index (χ0v) is 17.6. The number of amides is 2. The zero-order chi connectivity index (χ0) is 21.5. The van der Waals surface area contributed by atoms with Crippen LogP contribution in [0.15, 0.2) is 78.5 Å². The van der Waals surface area contributed by atoms with Crippen LogP contribution in [0.25, 0.3) is 5.57 Å². The van der Waals surface area contributed by atoms with Gasteiger partial charge in [0.05, 0.1) is 18.4 Å². The summed E-state index contributed by atoms with van der Waals surface area (Å²) in [5.41, 5.74) is 4.01. The van der Waals surface area contributed by atoms with E-state index in [-0.39, 0.29) is 11.8 Å². The number of carbonyl (C=O) groups is 2. The number of halogens is 1. The fraction of sp³-hybridized carbons (Fsp3) is 0.120. The summed E-state index contributed by atoms with van der Waals surface area (Å²) in [7, 11) is 1.59. The molecule has 0 saturated carbocycles. The second-order valence-corrected chi connectivity index (χ2v) is 7.84. The van der Waals surface area contributed by atoms with E-state index in [0.717, 1.165) is 17.7 Å². The highest BCUT2D eigenvalue weighted by atomic mass is 35.5. The molecule has 0 radical (unpaired) electrons. The van der Waals surface area contributed by atoms with Crippen molar-refractivity contribution in [2.45, 2.75) is 6.42 Å². The normalized spacial score (nSPS) is 15.7. The molecule has 3 aromatic carbocycles. The molecule has 0 aromatic heterocycles. The van der Waals surface area contributed by atoms with Crippen LogP contribution in [0, 0.1) is 0 Å². The van der Waals surface area contributed by atoms with Crippen molar-refractivity contribution in [3.63, 3.8) is 0 Å². The number of imide groups is 1. The predicted molar refractivity (Wildman–Crippen MR) is 121 cm³/mol. The van der Waals surface area contributed by atoms with E-state index in [4.69, 9.17) is 16.3 Å². The molecule has 0 spiro atoms. The minimum absolute atomic E-state index is 0.352. The Balaban J connectivity index is 1.68. The van der Waals surface area contributed by atoms with Crippen LogP contribution in [0.2, 0.25) is 5.02 Å². The Hall–Kier alpha value is -3.57. The molecule has 0 atom stereocenters. The monoisotopic (exact) mass is 430 g/mol. The maximum Gasteiger partial charge on any atom is 0.282 e. The molecule has 0 N–H and O–H groups in total. The van der Waals surface area contributed by atoms with Gasteiger partial charge >= 0.3 is 0 Å². The van der Waals surface area contributed by atoms with Crippen molar-refractivity contribution in [3.05, 3.63) is 94.6 Å². The number of fused-ring (bicyclic) bond motifs is 1. The van der Waals surface area contributed by atoms with Crippen LogP contribution in [-0.2, 0) is 16.0 Å². The van der Waals surface area contributed by atoms with Gasteiger partial charge in [-0.1, -0.05) is 48.0 Å². The van der Waals surface area contributed by atoms with Gasteiger partial charge in [-0.2, -0.15) is 0 Å². The number of hydrogen-bond donors (Lipinski definition) is 0. The standard InChI is InChI=1S/C25H19ClN2O3/c1-31-20-11-9-17(10-12-20)22-23(27-14-13-16-5-2-3-8-21(16)27)25(30)28(24(22)29)19-7-4-6-18(26)15-19/h2-12,15H,13-14H2,1H3. The maximum atomic E-state index is 13.7. The summed E-state index contributed by atoms with van der Waals surface area (Å²) in [5.74, 6) is -0.0347. The van der Waals surface area contributed by atoms with Crippen molar-refractivity contribution in [1.82, 2.24) is 0 Å². The highest BCUT2D eigenvalue weighted by Gasteiger charge is 2.44. The van der Waals surface area contributed by atoms with Gasteiger partial charge in [0, 0.05) is 17.3 Å². The Morgan fingerprint density at radius 2 is 1.68 bits per heavy atom. The van der Waals surface area contributed by atoms with Crippen LogP contribution >= 0.6 is 11.6 Å². The highest BCUT2D eigenvalue weighted by molar-refractivity contribution is 6.46. The third-order valence-electron chi connectivity index (χ3n) is 5.66. The van der Waals surface area contributed by atoms with Gasteiger partial charge in [-0.25, -0.2) is 4.90 Å². The van der Waals surface area contributed by atoms with Crippen LogP contribution < -0.4 is 14.5 Å². The van der Waals surface area contributed by atoms with Crippen LogP contribution in [0.5, 0.6) is 5.75 Å². The molecule has 2 aliphatic heterocycles. The first-order valence-electron chi connectivity index (χ1n) is 9.97. The summed E-state index contributed by atoms with van der Waals surface area (Å²) in [6, 6.07) is 22.0. The fourth-order valence-corrected chi connectivity index (χ4v) is 4.39. The van der Waals surface area contributed by atoms with E-state index in [1.54, 1.807) is 43.5 Å². The number of benzene rings is 3. The molecule has 154 valence electrons. The quantitative estimate of drug-likeness (QED) is 0.563. The first-order chi connectivity index (χ1) is 15.1. The van der Waals surface area contributed by atoms with E-state index in [0.29, 0.717) is 39.8 Å². The summed E-state index contributed by atoms with van der Waals surface area (Å²) in [6.45, 7) is 0.636. The first-order valence-corrected chi connectivity index (χ1v) is 10.3. The molecule has 2 aliphatic rings. The van der Waals surface area contributed by atoms with Crippen molar-refractivity contribution in [2.24, 2.45) is 0 Å². The lowest BCUT2D eigenvalue weighted by Crippen LogP contribution is -2.34. The van der Waals surface area contributed by atoms with Gasteiger partial charge in [0.1, 0.15) is 11.4 Å². The number of ether oxygens (including phenoxy) is 1. The number of carbonyl (C=O) groups excluding carboxylic acids is 2. The van der Waals surface area contributed by atoms with E-state index in [9.17, 15) is 9.59 Å². The lowest BCUT2D eigenvalue weighted by molar-refractivity contribution is -0.120. The zero-order valence-electron chi connectivity index (χ0n) is 16.8. The Morgan fingerprint density at radius 3 is 2.42 bits per heavy atom. The van der Waals surface area contributed by atoms with E-state index < -0.39 is 0 Å². The van der Waals surface area contributed by atoms with Crippen LogP contribution in [0.3, 0.4) is 0 Å². The summed E-state index contributed by atoms with van der Waals surface area (Å²) in [4.78, 5) is 30.4. The van der Waals surface area contributed by atoms with Crippen molar-refractivity contribution in [2.75, 3.05) is 23.5 Å². The Bertz CT molecular complexity index is 1230. The molecule has 5 nitrogen and oxygen atoms in total. The minimum Gasteiger partial charge on any atom is -0.497 e. The Morgan fingerprint density at radius 1 is 0.903 bits per heavy atom. The predicted octanol–water partition coefficient (Wildman–Crippen LogP) is 4.70. The number of anilines is 2. The van der Waals surface area contributed by atoms with Crippen LogP contribution in [0.4, 0.5) is 11.4 Å². The number of rotatable bonds is 4. The molecular formula is C25H19ClN2O3. The lowest BCUT2D eigenvalue weighted by atomic mass is 10.0. The van der Waals surface area contributed by atoms with Crippen molar-refractivity contribution >= 4 is 40.4 Å². The van der Waals surface area contributed by atoms with Gasteiger partial charge in [-0.3, -0.25) is 9.59 Å². The molecule has 0 aliphatic carbocycles. The molecule has 31 heavy (non-hydrogen) atoms. The topological polar surface area (TPSA) is 49.9 Å². The van der Waals surface area contributed by atoms with E-state index in [1.807, 2.05) is 35.2 Å². The molecule has 5 rings (SSSR count). The second-order valence-electron chi connectivity index (χ2n) is 7.41. The number of hydrogen-bond acceptors (Lipinski definition) is 4. The smallest absolute Gasteiger partial charge is 0.282 e. The van der Waals surface area contributed by atoms with Gasteiger partial charge in [-0.05, 0) is 53.9 Å². The lowest BCUT2D eigenvalue weighted by Gasteiger charge is -2.22. The molecule has 3 aromatic rings. The number of methoxy groups -OCH3 is 1. The average Bonchev–Trinajstić information content (AvgIpc) is 3.31. The summed E-state index contributed by atoms with van der Waals surface area (Å²) in [5, 5.41) is 0.462. The second kappa shape index (κ2) is 7.60. The van der Waals surface area contributed by atoms with Gasteiger partial charge in [0.2, 0.25) is 0 Å². The van der Waals surface area contributed by atoms with E-state index in [2.05, 4.69) is 6.07 Å². The van der Waals surface area contributed by atoms with Gasteiger partial charge in [0.15, 0.2) is 0 Å². The third kappa shape index (κ3) is 3.18. The first kappa shape index (κ1) is 19.4. The van der Waals surface area contributed by atoms with E-state index >= 15 is 0 Å². The van der Waals surface area contributed by atoms with Gasteiger partial charge in [-0.15, -0.1) is 0 Å². The molecule has 2 amide bonds. The van der Waals surface area contributed by atoms with Crippen molar-refractivity contribution < 1.29 is 14.3 Å². The fourth-order valence-electron chi connectivity index (χ4n) is 4.21. The third-order valence-corrected chi connectivity index (χ3v) is 5.90. The average molecular weight is 431 g/mol. The minimum atomic E-state index is -0.364. The number of para-hydroxylation sites is 1. The molecule has 6 heteroatoms. The van der Waals surface area contributed by atoms with Crippen LogP contribution in [0.1, 0.15) is 11.1 Å².